The van der Waals surface area contributed by atoms with Gasteiger partial charge in [0.05, 0.1) is 5.41 Å². The largest absolute Gasteiger partial charge is 0.459 e. The lowest BCUT2D eigenvalue weighted by Crippen LogP contribution is -2.47. The maximum Gasteiger partial charge on any atom is 0.312 e. The van der Waals surface area contributed by atoms with Crippen LogP contribution in [0.25, 0.3) is 0 Å². The highest BCUT2D eigenvalue weighted by molar-refractivity contribution is 5.81. The molecule has 0 amide bonds. The smallest absolute Gasteiger partial charge is 0.312 e. The van der Waals surface area contributed by atoms with Gasteiger partial charge < -0.3 is 9.47 Å². The molecule has 0 aromatic rings. The van der Waals surface area contributed by atoms with Crippen molar-refractivity contribution < 1.29 is 14.3 Å². The predicted octanol–water partition coefficient (Wildman–Crippen LogP) is 3.09. The van der Waals surface area contributed by atoms with E-state index in [0.717, 1.165) is 12.3 Å². The third kappa shape index (κ3) is 0.985. The molecule has 2 aliphatic heterocycles. The van der Waals surface area contributed by atoms with E-state index in [1.54, 1.807) is 0 Å². The summed E-state index contributed by atoms with van der Waals surface area (Å²) in [6, 6.07) is 0. The average Bonchev–Trinajstić information content (AvgIpc) is 3.01. The summed E-state index contributed by atoms with van der Waals surface area (Å²) >= 11 is 0. The number of ether oxygens (including phenoxy) is 2. The van der Waals surface area contributed by atoms with Crippen molar-refractivity contribution in [3.8, 4) is 0 Å². The molecule has 9 atom stereocenters. The third-order valence-electron chi connectivity index (χ3n) is 8.79. The van der Waals surface area contributed by atoms with Crippen molar-refractivity contribution in [2.45, 2.75) is 63.8 Å². The molecule has 0 N–H and O–H groups in total. The number of allylic oxidation sites excluding steroid dienone is 1. The van der Waals surface area contributed by atoms with Gasteiger partial charge in [-0.25, -0.2) is 0 Å². The average molecular weight is 300 g/mol. The number of hydrogen-bond donors (Lipinski definition) is 0. The molecule has 5 unspecified atom stereocenters. The Morgan fingerprint density at radius 1 is 1.27 bits per heavy atom. The Morgan fingerprint density at radius 3 is 2.91 bits per heavy atom. The van der Waals surface area contributed by atoms with Crippen LogP contribution in [0.3, 0.4) is 0 Å². The summed E-state index contributed by atoms with van der Waals surface area (Å²) in [5.74, 6) is 2.29. The molecule has 118 valence electrons. The second-order valence-corrected chi connectivity index (χ2v) is 9.32. The maximum absolute atomic E-state index is 12.6. The van der Waals surface area contributed by atoms with E-state index >= 15 is 0 Å². The van der Waals surface area contributed by atoms with Gasteiger partial charge in [-0.15, -0.1) is 0 Å². The highest BCUT2D eigenvalue weighted by Crippen LogP contribution is 2.81. The Balaban J connectivity index is 1.56. The molecule has 2 saturated heterocycles. The first-order chi connectivity index (χ1) is 10.4. The Kier molecular flexibility index (Phi) is 1.83. The van der Waals surface area contributed by atoms with Gasteiger partial charge in [0.2, 0.25) is 0 Å². The molecule has 4 aliphatic carbocycles. The van der Waals surface area contributed by atoms with E-state index in [2.05, 4.69) is 20.4 Å². The molecular weight excluding hydrogens is 276 g/mol. The van der Waals surface area contributed by atoms with Gasteiger partial charge in [0.15, 0.2) is 0 Å². The first-order valence-electron chi connectivity index (χ1n) is 9.00. The SMILES string of the molecule is C=C1C[C@]23C[C@H]1CCC2C12OC1C1C[C@@](C)(C(=O)O1)C2[C@@H]3C. The number of epoxide rings is 1. The van der Waals surface area contributed by atoms with Crippen LogP contribution in [0.4, 0.5) is 0 Å². The topological polar surface area (TPSA) is 38.8 Å². The lowest BCUT2D eigenvalue weighted by Gasteiger charge is -2.40. The van der Waals surface area contributed by atoms with E-state index in [-0.39, 0.29) is 29.2 Å². The van der Waals surface area contributed by atoms with Gasteiger partial charge in [0.1, 0.15) is 17.8 Å². The van der Waals surface area contributed by atoms with Crippen molar-refractivity contribution in [1.29, 1.82) is 0 Å². The van der Waals surface area contributed by atoms with Gasteiger partial charge in [-0.3, -0.25) is 4.79 Å². The monoisotopic (exact) mass is 300 g/mol. The van der Waals surface area contributed by atoms with E-state index in [1.807, 2.05) is 0 Å². The van der Waals surface area contributed by atoms with Gasteiger partial charge in [-0.05, 0) is 55.8 Å². The van der Waals surface area contributed by atoms with Gasteiger partial charge in [0.25, 0.3) is 0 Å². The van der Waals surface area contributed by atoms with Gasteiger partial charge >= 0.3 is 5.97 Å². The molecular formula is C19H24O3. The summed E-state index contributed by atoms with van der Waals surface area (Å²) in [7, 11) is 0. The number of hydrogen-bond acceptors (Lipinski definition) is 3. The quantitative estimate of drug-likeness (QED) is 0.392. The van der Waals surface area contributed by atoms with E-state index in [0.29, 0.717) is 23.2 Å². The number of fused-ring (bicyclic) bond motifs is 5. The summed E-state index contributed by atoms with van der Waals surface area (Å²) in [6.45, 7) is 8.95. The summed E-state index contributed by atoms with van der Waals surface area (Å²) in [5, 5.41) is 0. The number of rotatable bonds is 0. The Hall–Kier alpha value is -0.830. The second-order valence-electron chi connectivity index (χ2n) is 9.32. The predicted molar refractivity (Wildman–Crippen MR) is 79.9 cm³/mol. The zero-order valence-electron chi connectivity index (χ0n) is 13.4. The number of carbonyl (C=O) groups excluding carboxylic acids is 1. The van der Waals surface area contributed by atoms with Crippen LogP contribution in [0.1, 0.15) is 46.0 Å². The molecule has 6 aliphatic rings. The Morgan fingerprint density at radius 2 is 2.09 bits per heavy atom. The van der Waals surface area contributed by atoms with Crippen LogP contribution >= 0.6 is 0 Å². The molecule has 2 spiro atoms. The maximum atomic E-state index is 12.6. The molecule has 0 aromatic heterocycles. The van der Waals surface area contributed by atoms with Crippen LogP contribution in [-0.2, 0) is 14.3 Å². The van der Waals surface area contributed by atoms with Crippen LogP contribution < -0.4 is 0 Å². The van der Waals surface area contributed by atoms with Crippen LogP contribution in [0.5, 0.6) is 0 Å². The fourth-order valence-electron chi connectivity index (χ4n) is 8.12. The lowest BCUT2D eigenvalue weighted by molar-refractivity contribution is -0.152. The van der Waals surface area contributed by atoms with Crippen molar-refractivity contribution >= 4 is 5.97 Å². The standard InChI is InChI=1S/C19H24O3/c1-9-6-18-7-11(9)4-5-13(18)19-14(10(18)2)17(3)8-12(15(19)22-19)21-16(17)20/h10-15H,1,4-8H2,2-3H3/t10-,11+,12?,13?,14?,15?,17+,18+,19?/m0/s1. The molecule has 0 aromatic carbocycles. The van der Waals surface area contributed by atoms with Crippen molar-refractivity contribution in [1.82, 2.24) is 0 Å². The van der Waals surface area contributed by atoms with Crippen LogP contribution in [0, 0.1) is 34.5 Å². The fourth-order valence-corrected chi connectivity index (χ4v) is 8.12. The molecule has 3 heteroatoms. The van der Waals surface area contributed by atoms with Crippen molar-refractivity contribution in [3.05, 3.63) is 12.2 Å². The Bertz CT molecular complexity index is 641. The van der Waals surface area contributed by atoms with Crippen molar-refractivity contribution in [2.24, 2.45) is 34.5 Å². The van der Waals surface area contributed by atoms with Gasteiger partial charge in [0, 0.05) is 12.3 Å². The summed E-state index contributed by atoms with van der Waals surface area (Å²) in [5.41, 5.74) is 1.47. The highest BCUT2D eigenvalue weighted by atomic mass is 16.7. The van der Waals surface area contributed by atoms with Gasteiger partial charge in [-0.1, -0.05) is 19.1 Å². The number of esters is 1. The minimum Gasteiger partial charge on any atom is -0.459 e. The second kappa shape index (κ2) is 3.19. The highest BCUT2D eigenvalue weighted by Gasteiger charge is 2.87. The molecule has 4 saturated carbocycles. The molecule has 6 fully saturated rings. The van der Waals surface area contributed by atoms with E-state index < -0.39 is 0 Å². The Labute approximate surface area is 131 Å². The summed E-state index contributed by atoms with van der Waals surface area (Å²) in [4.78, 5) is 12.6. The van der Waals surface area contributed by atoms with Gasteiger partial charge in [-0.2, -0.15) is 0 Å². The van der Waals surface area contributed by atoms with Crippen molar-refractivity contribution in [2.75, 3.05) is 0 Å². The zero-order chi connectivity index (χ0) is 15.1. The minimum atomic E-state index is -0.317. The van der Waals surface area contributed by atoms with E-state index in [4.69, 9.17) is 9.47 Å². The molecule has 2 heterocycles. The summed E-state index contributed by atoms with van der Waals surface area (Å²) in [6.07, 6.45) is 6.10. The third-order valence-corrected chi connectivity index (χ3v) is 8.79. The van der Waals surface area contributed by atoms with Crippen molar-refractivity contribution in [3.63, 3.8) is 0 Å². The molecule has 4 bridgehead atoms. The van der Waals surface area contributed by atoms with Crippen LogP contribution in [-0.4, -0.2) is 23.8 Å². The normalized spacial score (nSPS) is 66.6. The molecule has 6 rings (SSSR count). The molecule has 0 radical (unpaired) electrons. The zero-order valence-corrected chi connectivity index (χ0v) is 13.4. The first-order valence-corrected chi connectivity index (χ1v) is 9.00. The van der Waals surface area contributed by atoms with Crippen LogP contribution in [0.2, 0.25) is 0 Å². The van der Waals surface area contributed by atoms with E-state index in [1.165, 1.54) is 31.3 Å². The summed E-state index contributed by atoms with van der Waals surface area (Å²) < 4.78 is 12.2. The molecule has 22 heavy (non-hydrogen) atoms. The first kappa shape index (κ1) is 12.6. The molecule has 3 nitrogen and oxygen atoms in total. The number of carbonyl (C=O) groups is 1. The fraction of sp³-hybridized carbons (Fsp3) is 0.842. The minimum absolute atomic E-state index is 0.0263. The van der Waals surface area contributed by atoms with E-state index in [9.17, 15) is 4.79 Å². The van der Waals surface area contributed by atoms with Crippen LogP contribution in [0.15, 0.2) is 12.2 Å². The lowest BCUT2D eigenvalue weighted by atomic mass is 9.61.